The number of halogens is 2. The molecule has 6 heteroatoms. The predicted molar refractivity (Wildman–Crippen MR) is 104 cm³/mol. The summed E-state index contributed by atoms with van der Waals surface area (Å²) in [5, 5.41) is 2.86. The number of nitrogens with one attached hydrogen (secondary N) is 1. The Labute approximate surface area is 158 Å². The number of rotatable bonds is 5. The molecule has 0 bridgehead atoms. The first-order valence-electron chi connectivity index (χ1n) is 8.79. The molecule has 0 aliphatic carbocycles. The van der Waals surface area contributed by atoms with Gasteiger partial charge in [0.05, 0.1) is 10.6 Å². The van der Waals surface area contributed by atoms with Crippen molar-refractivity contribution in [1.29, 1.82) is 0 Å². The summed E-state index contributed by atoms with van der Waals surface area (Å²) in [5.74, 6) is -1.09. The van der Waals surface area contributed by atoms with Crippen molar-refractivity contribution < 1.29 is 9.18 Å². The van der Waals surface area contributed by atoms with Gasteiger partial charge < -0.3 is 15.1 Å². The monoisotopic (exact) mass is 375 g/mol. The zero-order valence-electron chi connectivity index (χ0n) is 14.8. The van der Waals surface area contributed by atoms with Crippen LogP contribution in [0.3, 0.4) is 0 Å². The maximum atomic E-state index is 13.7. The summed E-state index contributed by atoms with van der Waals surface area (Å²) in [7, 11) is 2.14. The van der Waals surface area contributed by atoms with Crippen molar-refractivity contribution in [2.45, 2.75) is 6.42 Å². The lowest BCUT2D eigenvalue weighted by Crippen LogP contribution is -2.44. The highest BCUT2D eigenvalue weighted by Gasteiger charge is 2.16. The Balaban J connectivity index is 1.51. The molecule has 1 heterocycles. The van der Waals surface area contributed by atoms with Gasteiger partial charge in [-0.15, -0.1) is 0 Å². The van der Waals surface area contributed by atoms with E-state index in [0.717, 1.165) is 31.7 Å². The van der Waals surface area contributed by atoms with Crippen LogP contribution in [0.2, 0.25) is 5.02 Å². The maximum Gasteiger partial charge on any atom is 0.255 e. The average molecular weight is 376 g/mol. The fourth-order valence-corrected chi connectivity index (χ4v) is 3.31. The third kappa shape index (κ3) is 4.54. The second-order valence-corrected chi connectivity index (χ2v) is 6.97. The number of benzene rings is 2. The van der Waals surface area contributed by atoms with E-state index in [0.29, 0.717) is 13.0 Å². The van der Waals surface area contributed by atoms with E-state index in [1.807, 2.05) is 0 Å². The van der Waals surface area contributed by atoms with Crippen LogP contribution < -0.4 is 10.2 Å². The van der Waals surface area contributed by atoms with Crippen LogP contribution in [0.1, 0.15) is 15.9 Å². The molecule has 1 aliphatic rings. The SMILES string of the molecule is CN1CCN(c2ccc(CCNC(=O)c3c(F)cccc3Cl)cc2)CC1. The number of carbonyl (C=O) groups excluding carboxylic acids is 1. The van der Waals surface area contributed by atoms with Gasteiger partial charge in [-0.05, 0) is 43.3 Å². The van der Waals surface area contributed by atoms with Gasteiger partial charge in [-0.25, -0.2) is 4.39 Å². The van der Waals surface area contributed by atoms with Crippen molar-refractivity contribution in [3.63, 3.8) is 0 Å². The molecule has 26 heavy (non-hydrogen) atoms. The first kappa shape index (κ1) is 18.7. The Kier molecular flexibility index (Phi) is 6.12. The quantitative estimate of drug-likeness (QED) is 0.871. The number of nitrogens with zero attached hydrogens (tertiary/aromatic N) is 2. The van der Waals surface area contributed by atoms with Gasteiger partial charge in [-0.3, -0.25) is 4.79 Å². The largest absolute Gasteiger partial charge is 0.369 e. The Hall–Kier alpha value is -2.11. The summed E-state index contributed by atoms with van der Waals surface area (Å²) < 4.78 is 13.7. The average Bonchev–Trinajstić information content (AvgIpc) is 2.63. The molecule has 2 aromatic carbocycles. The van der Waals surface area contributed by atoms with Crippen LogP contribution in [0.25, 0.3) is 0 Å². The van der Waals surface area contributed by atoms with Crippen molar-refractivity contribution in [2.24, 2.45) is 0 Å². The number of amides is 1. The van der Waals surface area contributed by atoms with Crippen LogP contribution in [0.4, 0.5) is 10.1 Å². The standard InChI is InChI=1S/C20H23ClFN3O/c1-24-11-13-25(14-12-24)16-7-5-15(6-8-16)9-10-23-20(26)19-17(21)3-2-4-18(19)22/h2-8H,9-14H2,1H3,(H,23,26). The zero-order chi connectivity index (χ0) is 18.5. The Morgan fingerprint density at radius 2 is 1.81 bits per heavy atom. The number of likely N-dealkylation sites (N-methyl/N-ethyl adjacent to an activating group) is 1. The highest BCUT2D eigenvalue weighted by Crippen LogP contribution is 2.19. The molecule has 0 spiro atoms. The molecular weight excluding hydrogens is 353 g/mol. The third-order valence-corrected chi connectivity index (χ3v) is 5.01. The molecule has 1 amide bonds. The van der Waals surface area contributed by atoms with E-state index in [2.05, 4.69) is 46.4 Å². The smallest absolute Gasteiger partial charge is 0.255 e. The Morgan fingerprint density at radius 1 is 1.12 bits per heavy atom. The van der Waals surface area contributed by atoms with Crippen molar-refractivity contribution in [3.05, 3.63) is 64.4 Å². The summed E-state index contributed by atoms with van der Waals surface area (Å²) in [4.78, 5) is 16.8. The van der Waals surface area contributed by atoms with E-state index in [1.54, 1.807) is 0 Å². The minimum atomic E-state index is -0.605. The second kappa shape index (κ2) is 8.52. The van der Waals surface area contributed by atoms with E-state index in [1.165, 1.54) is 23.9 Å². The van der Waals surface area contributed by atoms with Crippen molar-refractivity contribution in [2.75, 3.05) is 44.7 Å². The molecule has 0 radical (unpaired) electrons. The first-order chi connectivity index (χ1) is 12.5. The molecule has 2 aromatic rings. The Morgan fingerprint density at radius 3 is 2.46 bits per heavy atom. The van der Waals surface area contributed by atoms with Gasteiger partial charge in [0.2, 0.25) is 0 Å². The van der Waals surface area contributed by atoms with Gasteiger partial charge in [0.15, 0.2) is 0 Å². The lowest BCUT2D eigenvalue weighted by atomic mass is 10.1. The zero-order valence-corrected chi connectivity index (χ0v) is 15.6. The molecule has 0 atom stereocenters. The van der Waals surface area contributed by atoms with E-state index in [4.69, 9.17) is 11.6 Å². The lowest BCUT2D eigenvalue weighted by molar-refractivity contribution is 0.0950. The molecule has 1 saturated heterocycles. The topological polar surface area (TPSA) is 35.6 Å². The number of hydrogen-bond acceptors (Lipinski definition) is 3. The van der Waals surface area contributed by atoms with Crippen LogP contribution in [0, 0.1) is 5.82 Å². The van der Waals surface area contributed by atoms with Crippen molar-refractivity contribution in [1.82, 2.24) is 10.2 Å². The second-order valence-electron chi connectivity index (χ2n) is 6.56. The van der Waals surface area contributed by atoms with Crippen LogP contribution in [-0.2, 0) is 6.42 Å². The molecule has 1 N–H and O–H groups in total. The summed E-state index contributed by atoms with van der Waals surface area (Å²) >= 11 is 5.91. The fourth-order valence-electron chi connectivity index (χ4n) is 3.06. The number of anilines is 1. The van der Waals surface area contributed by atoms with Crippen molar-refractivity contribution in [3.8, 4) is 0 Å². The summed E-state index contributed by atoms with van der Waals surface area (Å²) in [5.41, 5.74) is 2.26. The van der Waals surface area contributed by atoms with Crippen LogP contribution >= 0.6 is 11.6 Å². The molecule has 0 unspecified atom stereocenters. The molecule has 4 nitrogen and oxygen atoms in total. The first-order valence-corrected chi connectivity index (χ1v) is 9.17. The number of hydrogen-bond donors (Lipinski definition) is 1. The van der Waals surface area contributed by atoms with Gasteiger partial charge in [0.1, 0.15) is 5.82 Å². The third-order valence-electron chi connectivity index (χ3n) is 4.69. The molecular formula is C20H23ClFN3O. The minimum Gasteiger partial charge on any atom is -0.369 e. The van der Waals surface area contributed by atoms with E-state index < -0.39 is 11.7 Å². The van der Waals surface area contributed by atoms with E-state index in [9.17, 15) is 9.18 Å². The van der Waals surface area contributed by atoms with Crippen LogP contribution in [-0.4, -0.2) is 50.6 Å². The molecule has 138 valence electrons. The normalized spacial score (nSPS) is 15.1. The van der Waals surface area contributed by atoms with Crippen LogP contribution in [0.15, 0.2) is 42.5 Å². The van der Waals surface area contributed by atoms with E-state index >= 15 is 0 Å². The summed E-state index contributed by atoms with van der Waals surface area (Å²) in [6.45, 7) is 4.65. The maximum absolute atomic E-state index is 13.7. The molecule has 0 aromatic heterocycles. The van der Waals surface area contributed by atoms with Gasteiger partial charge in [0.25, 0.3) is 5.91 Å². The lowest BCUT2D eigenvalue weighted by Gasteiger charge is -2.34. The van der Waals surface area contributed by atoms with Gasteiger partial charge in [-0.2, -0.15) is 0 Å². The minimum absolute atomic E-state index is 0.0976. The number of piperazine rings is 1. The van der Waals surface area contributed by atoms with Gasteiger partial charge in [-0.1, -0.05) is 29.8 Å². The highest BCUT2D eigenvalue weighted by molar-refractivity contribution is 6.33. The van der Waals surface area contributed by atoms with E-state index in [-0.39, 0.29) is 10.6 Å². The number of carbonyl (C=O) groups is 1. The van der Waals surface area contributed by atoms with Crippen molar-refractivity contribution >= 4 is 23.2 Å². The fraction of sp³-hybridized carbons (Fsp3) is 0.350. The molecule has 0 saturated carbocycles. The highest BCUT2D eigenvalue weighted by atomic mass is 35.5. The molecule has 1 fully saturated rings. The van der Waals surface area contributed by atoms with Gasteiger partial charge >= 0.3 is 0 Å². The molecule has 3 rings (SSSR count). The summed E-state index contributed by atoms with van der Waals surface area (Å²) in [6, 6.07) is 12.6. The van der Waals surface area contributed by atoms with Crippen LogP contribution in [0.5, 0.6) is 0 Å². The van der Waals surface area contributed by atoms with Gasteiger partial charge in [0, 0.05) is 38.4 Å². The predicted octanol–water partition coefficient (Wildman–Crippen LogP) is 3.20. The molecule has 1 aliphatic heterocycles. The Bertz CT molecular complexity index is 738. The summed E-state index contributed by atoms with van der Waals surface area (Å²) in [6.07, 6.45) is 0.681.